The number of carboxylic acids is 1. The molecule has 8 nitrogen and oxygen atoms in total. The largest absolute Gasteiger partial charge is 0.480 e. The first kappa shape index (κ1) is 31.9. The monoisotopic (exact) mass is 663 g/mol. The minimum atomic E-state index is -5.05. The van der Waals surface area contributed by atoms with Gasteiger partial charge >= 0.3 is 18.3 Å². The SMILES string of the molecule is Nc1nc(OC(c2ccc(Cl)cc2-c2cc(Cl)cc(C(F)(F)F)c2)C(F)(F)F)cc(N2CCC3(CC2)CN[C@H](C(=O)O)C3)n1. The first-order valence-corrected chi connectivity index (χ1v) is 14.1. The molecule has 0 bridgehead atoms. The maximum Gasteiger partial charge on any atom is 0.429 e. The second-order valence-corrected chi connectivity index (χ2v) is 11.8. The molecule has 0 aliphatic carbocycles. The predicted octanol–water partition coefficient (Wildman–Crippen LogP) is 6.77. The van der Waals surface area contributed by atoms with Crippen molar-refractivity contribution in [3.63, 3.8) is 0 Å². The summed E-state index contributed by atoms with van der Waals surface area (Å²) in [5, 5.41) is 12.0. The Morgan fingerprint density at radius 3 is 2.36 bits per heavy atom. The summed E-state index contributed by atoms with van der Waals surface area (Å²) in [5.41, 5.74) is 3.41. The van der Waals surface area contributed by atoms with Crippen molar-refractivity contribution in [3.8, 4) is 17.0 Å². The quantitative estimate of drug-likeness (QED) is 0.248. The third kappa shape index (κ3) is 6.92. The molecule has 2 atom stereocenters. The Morgan fingerprint density at radius 2 is 1.75 bits per heavy atom. The van der Waals surface area contributed by atoms with Crippen LogP contribution in [0.25, 0.3) is 11.1 Å². The van der Waals surface area contributed by atoms with E-state index in [1.807, 2.05) is 0 Å². The molecular formula is C28H25Cl2F6N5O3. The Kier molecular flexibility index (Phi) is 8.55. The number of carboxylic acid groups (broad SMARTS) is 1. The number of nitrogen functional groups attached to an aromatic ring is 1. The van der Waals surface area contributed by atoms with Crippen molar-refractivity contribution in [2.75, 3.05) is 30.3 Å². The van der Waals surface area contributed by atoms with Crippen molar-refractivity contribution in [3.05, 3.63) is 63.6 Å². The lowest BCUT2D eigenvalue weighted by Crippen LogP contribution is -2.41. The van der Waals surface area contributed by atoms with Crippen LogP contribution in [0.15, 0.2) is 42.5 Å². The van der Waals surface area contributed by atoms with Crippen LogP contribution in [0.4, 0.5) is 38.1 Å². The van der Waals surface area contributed by atoms with Crippen LogP contribution in [0, 0.1) is 5.41 Å². The fourth-order valence-electron chi connectivity index (χ4n) is 5.68. The van der Waals surface area contributed by atoms with E-state index >= 15 is 0 Å². The third-order valence-electron chi connectivity index (χ3n) is 7.88. The minimum Gasteiger partial charge on any atom is -0.480 e. The summed E-state index contributed by atoms with van der Waals surface area (Å²) in [6.45, 7) is 1.40. The lowest BCUT2D eigenvalue weighted by atomic mass is 9.76. The Morgan fingerprint density at radius 1 is 1.05 bits per heavy atom. The standard InChI is InChI=1S/C28H25Cl2F6N5O3/c29-16-1-2-18(19(10-16)14-7-15(27(31,32)33)9-17(30)8-14)23(28(34,35)36)44-22-11-21(39-25(37)40-22)41-5-3-26(4-6-41)12-20(24(42)43)38-13-26/h1-2,7-11,20,23,38H,3-6,12-13H2,(H,42,43)(H2,37,39,40)/t20-,23?/m0/s1. The van der Waals surface area contributed by atoms with E-state index in [9.17, 15) is 36.2 Å². The Balaban J connectivity index is 1.45. The molecule has 0 amide bonds. The summed E-state index contributed by atoms with van der Waals surface area (Å²) < 4.78 is 89.5. The van der Waals surface area contributed by atoms with Crippen molar-refractivity contribution in [1.82, 2.24) is 15.3 Å². The molecule has 3 heterocycles. The lowest BCUT2D eigenvalue weighted by Gasteiger charge is -2.39. The van der Waals surface area contributed by atoms with Gasteiger partial charge in [-0.25, -0.2) is 0 Å². The van der Waals surface area contributed by atoms with Crippen molar-refractivity contribution in [1.29, 1.82) is 0 Å². The maximum absolute atomic E-state index is 14.6. The summed E-state index contributed by atoms with van der Waals surface area (Å²) in [5.74, 6) is -1.57. The third-order valence-corrected chi connectivity index (χ3v) is 8.34. The van der Waals surface area contributed by atoms with Gasteiger partial charge in [-0.3, -0.25) is 4.79 Å². The molecule has 4 N–H and O–H groups in total. The number of piperidine rings is 1. The number of nitrogens with one attached hydrogen (secondary N) is 1. The van der Waals surface area contributed by atoms with E-state index in [-0.39, 0.29) is 38.4 Å². The highest BCUT2D eigenvalue weighted by Gasteiger charge is 2.46. The van der Waals surface area contributed by atoms with E-state index in [1.165, 1.54) is 6.07 Å². The normalized spacial score (nSPS) is 19.3. The zero-order valence-corrected chi connectivity index (χ0v) is 24.2. The first-order chi connectivity index (χ1) is 20.5. The molecule has 16 heteroatoms. The number of hydrogen-bond acceptors (Lipinski definition) is 7. The molecule has 0 saturated carbocycles. The zero-order chi connectivity index (χ0) is 32.0. The van der Waals surface area contributed by atoms with Gasteiger partial charge in [0.1, 0.15) is 11.9 Å². The molecule has 2 saturated heterocycles. The highest BCUT2D eigenvalue weighted by Crippen LogP contribution is 2.44. The Labute approximate surface area is 257 Å². The number of carbonyl (C=O) groups is 1. The van der Waals surface area contributed by atoms with Gasteiger partial charge in [-0.05, 0) is 66.1 Å². The predicted molar refractivity (Wildman–Crippen MR) is 151 cm³/mol. The molecule has 2 fully saturated rings. The smallest absolute Gasteiger partial charge is 0.429 e. The average Bonchev–Trinajstić information content (AvgIpc) is 3.34. The summed E-state index contributed by atoms with van der Waals surface area (Å²) in [6.07, 6.45) is -10.9. The summed E-state index contributed by atoms with van der Waals surface area (Å²) in [6, 6.07) is 6.28. The van der Waals surface area contributed by atoms with Crippen LogP contribution in [0.5, 0.6) is 5.88 Å². The summed E-state index contributed by atoms with van der Waals surface area (Å²) in [7, 11) is 0. The first-order valence-electron chi connectivity index (χ1n) is 13.3. The number of alkyl halides is 6. The van der Waals surface area contributed by atoms with Gasteiger partial charge in [0, 0.05) is 41.3 Å². The van der Waals surface area contributed by atoms with Crippen LogP contribution in [0.2, 0.25) is 10.0 Å². The minimum absolute atomic E-state index is 0.0261. The van der Waals surface area contributed by atoms with Crippen LogP contribution < -0.4 is 20.7 Å². The van der Waals surface area contributed by atoms with Gasteiger partial charge in [0.05, 0.1) is 5.56 Å². The Hall–Kier alpha value is -3.49. The molecule has 2 aliphatic heterocycles. The van der Waals surface area contributed by atoms with Crippen LogP contribution in [0.1, 0.15) is 36.5 Å². The molecule has 44 heavy (non-hydrogen) atoms. The molecule has 1 unspecified atom stereocenters. The Bertz CT molecular complexity index is 1560. The van der Waals surface area contributed by atoms with E-state index < -0.39 is 47.5 Å². The number of halogens is 8. The maximum atomic E-state index is 14.6. The zero-order valence-electron chi connectivity index (χ0n) is 22.6. The van der Waals surface area contributed by atoms with Crippen LogP contribution in [-0.2, 0) is 11.0 Å². The van der Waals surface area contributed by atoms with E-state index in [2.05, 4.69) is 15.3 Å². The molecule has 2 aromatic carbocycles. The fraction of sp³-hybridized carbons (Fsp3) is 0.393. The van der Waals surface area contributed by atoms with Crippen molar-refractivity contribution < 1.29 is 41.0 Å². The van der Waals surface area contributed by atoms with Gasteiger partial charge in [-0.1, -0.05) is 29.3 Å². The van der Waals surface area contributed by atoms with E-state index in [0.717, 1.165) is 24.3 Å². The van der Waals surface area contributed by atoms with Gasteiger partial charge in [-0.15, -0.1) is 0 Å². The number of aliphatic carboxylic acids is 1. The average molecular weight is 664 g/mol. The van der Waals surface area contributed by atoms with Gasteiger partial charge < -0.3 is 25.8 Å². The van der Waals surface area contributed by atoms with Gasteiger partial charge in [0.2, 0.25) is 17.9 Å². The lowest BCUT2D eigenvalue weighted by molar-refractivity contribution is -0.198. The van der Waals surface area contributed by atoms with Gasteiger partial charge in [0.25, 0.3) is 0 Å². The number of nitrogens with two attached hydrogens (primary N) is 1. The number of benzene rings is 2. The van der Waals surface area contributed by atoms with E-state index in [4.69, 9.17) is 33.7 Å². The molecule has 3 aromatic rings. The number of rotatable bonds is 6. The highest BCUT2D eigenvalue weighted by molar-refractivity contribution is 6.31. The van der Waals surface area contributed by atoms with Crippen LogP contribution in [-0.4, -0.2) is 52.9 Å². The number of nitrogens with zero attached hydrogens (tertiary/aromatic N) is 3. The summed E-state index contributed by atoms with van der Waals surface area (Å²) >= 11 is 12.0. The van der Waals surface area contributed by atoms with Crippen molar-refractivity contribution in [2.45, 2.75) is 43.8 Å². The topological polar surface area (TPSA) is 114 Å². The van der Waals surface area contributed by atoms with Crippen molar-refractivity contribution >= 4 is 40.9 Å². The van der Waals surface area contributed by atoms with E-state index in [1.54, 1.807) is 4.90 Å². The molecule has 5 rings (SSSR count). The molecule has 2 aliphatic rings. The number of hydrogen-bond donors (Lipinski definition) is 3. The van der Waals surface area contributed by atoms with E-state index in [0.29, 0.717) is 51.0 Å². The van der Waals surface area contributed by atoms with Gasteiger partial charge in [-0.2, -0.15) is 36.3 Å². The number of anilines is 2. The second kappa shape index (κ2) is 11.8. The molecule has 1 aromatic heterocycles. The van der Waals surface area contributed by atoms with Crippen LogP contribution in [0.3, 0.4) is 0 Å². The molecule has 236 valence electrons. The highest BCUT2D eigenvalue weighted by atomic mass is 35.5. The fourth-order valence-corrected chi connectivity index (χ4v) is 6.09. The van der Waals surface area contributed by atoms with Crippen LogP contribution >= 0.6 is 23.2 Å². The summed E-state index contributed by atoms with van der Waals surface area (Å²) in [4.78, 5) is 21.2. The van der Waals surface area contributed by atoms with Crippen molar-refractivity contribution in [2.24, 2.45) is 5.41 Å². The molecular weight excluding hydrogens is 639 g/mol. The second-order valence-electron chi connectivity index (χ2n) is 10.9. The number of ether oxygens (including phenoxy) is 1. The molecule has 0 radical (unpaired) electrons. The van der Waals surface area contributed by atoms with Gasteiger partial charge in [0.15, 0.2) is 0 Å². The number of aromatic nitrogens is 2. The molecule has 1 spiro atoms.